The van der Waals surface area contributed by atoms with Crippen molar-refractivity contribution >= 4 is 11.3 Å². The number of hydrogen-bond donors (Lipinski definition) is 1. The maximum atomic E-state index is 5.79. The molecule has 0 saturated heterocycles. The van der Waals surface area contributed by atoms with E-state index in [0.717, 1.165) is 6.54 Å². The Balaban J connectivity index is 1.88. The Hall–Kier alpha value is -1.16. The quantitative estimate of drug-likeness (QED) is 0.825. The minimum atomic E-state index is 0.500. The smallest absolute Gasteiger partial charge is 0.0813 e. The molecular weight excluding hydrogens is 254 g/mol. The van der Waals surface area contributed by atoms with Crippen LogP contribution in [0.5, 0.6) is 0 Å². The van der Waals surface area contributed by atoms with Crippen LogP contribution in [0, 0.1) is 0 Å². The highest BCUT2D eigenvalue weighted by Crippen LogP contribution is 2.14. The predicted molar refractivity (Wildman–Crippen MR) is 81.2 cm³/mol. The number of rotatable bonds is 7. The van der Waals surface area contributed by atoms with Gasteiger partial charge in [0.25, 0.3) is 0 Å². The molecule has 0 aliphatic carbocycles. The lowest BCUT2D eigenvalue weighted by molar-refractivity contribution is 0.108. The SMILES string of the molecule is CC(C)NCc1ccccc1COCc1cccs1. The average molecular weight is 275 g/mol. The molecule has 1 N–H and O–H groups in total. The summed E-state index contributed by atoms with van der Waals surface area (Å²) < 4.78 is 5.79. The van der Waals surface area contributed by atoms with Crippen LogP contribution in [0.3, 0.4) is 0 Å². The van der Waals surface area contributed by atoms with E-state index in [1.54, 1.807) is 11.3 Å². The number of hydrogen-bond acceptors (Lipinski definition) is 3. The summed E-state index contributed by atoms with van der Waals surface area (Å²) in [7, 11) is 0. The third kappa shape index (κ3) is 4.78. The van der Waals surface area contributed by atoms with Crippen LogP contribution < -0.4 is 5.32 Å². The number of ether oxygens (including phenoxy) is 1. The molecule has 0 spiro atoms. The molecule has 2 aromatic rings. The summed E-state index contributed by atoms with van der Waals surface area (Å²) in [5.41, 5.74) is 2.59. The van der Waals surface area contributed by atoms with Crippen molar-refractivity contribution in [3.63, 3.8) is 0 Å². The fraction of sp³-hybridized carbons (Fsp3) is 0.375. The predicted octanol–water partition coefficient (Wildman–Crippen LogP) is 3.96. The largest absolute Gasteiger partial charge is 0.371 e. The monoisotopic (exact) mass is 275 g/mol. The van der Waals surface area contributed by atoms with Crippen molar-refractivity contribution < 1.29 is 4.74 Å². The third-order valence-corrected chi connectivity index (χ3v) is 3.75. The molecule has 1 heterocycles. The summed E-state index contributed by atoms with van der Waals surface area (Å²) in [4.78, 5) is 1.28. The van der Waals surface area contributed by atoms with Gasteiger partial charge in [-0.1, -0.05) is 44.2 Å². The van der Waals surface area contributed by atoms with E-state index in [-0.39, 0.29) is 0 Å². The van der Waals surface area contributed by atoms with Crippen LogP contribution in [0.1, 0.15) is 29.9 Å². The highest BCUT2D eigenvalue weighted by molar-refractivity contribution is 7.09. The van der Waals surface area contributed by atoms with E-state index in [1.807, 2.05) is 0 Å². The number of benzene rings is 1. The molecule has 3 heteroatoms. The van der Waals surface area contributed by atoms with E-state index >= 15 is 0 Å². The van der Waals surface area contributed by atoms with Gasteiger partial charge in [0.2, 0.25) is 0 Å². The second-order valence-corrected chi connectivity index (χ2v) is 5.91. The summed E-state index contributed by atoms with van der Waals surface area (Å²) in [6.07, 6.45) is 0. The van der Waals surface area contributed by atoms with Gasteiger partial charge in [-0.3, -0.25) is 0 Å². The molecule has 19 heavy (non-hydrogen) atoms. The van der Waals surface area contributed by atoms with Gasteiger partial charge in [-0.2, -0.15) is 0 Å². The number of nitrogens with one attached hydrogen (secondary N) is 1. The van der Waals surface area contributed by atoms with Crippen molar-refractivity contribution in [3.8, 4) is 0 Å². The van der Waals surface area contributed by atoms with Gasteiger partial charge in [-0.15, -0.1) is 11.3 Å². The maximum absolute atomic E-state index is 5.79. The van der Waals surface area contributed by atoms with Crippen LogP contribution in [0.15, 0.2) is 41.8 Å². The molecule has 0 amide bonds. The van der Waals surface area contributed by atoms with E-state index in [9.17, 15) is 0 Å². The van der Waals surface area contributed by atoms with Gasteiger partial charge in [-0.05, 0) is 22.6 Å². The first-order valence-corrected chi connectivity index (χ1v) is 7.54. The summed E-state index contributed by atoms with van der Waals surface area (Å²) in [6, 6.07) is 13.1. The molecule has 1 aromatic heterocycles. The minimum Gasteiger partial charge on any atom is -0.371 e. The van der Waals surface area contributed by atoms with Crippen molar-refractivity contribution in [1.29, 1.82) is 0 Å². The van der Waals surface area contributed by atoms with E-state index in [1.165, 1.54) is 16.0 Å². The Morgan fingerprint density at radius 3 is 2.53 bits per heavy atom. The standard InChI is InChI=1S/C16H21NOS/c1-13(2)17-10-14-6-3-4-7-15(14)11-18-12-16-8-5-9-19-16/h3-9,13,17H,10-12H2,1-2H3. The molecule has 0 bridgehead atoms. The lowest BCUT2D eigenvalue weighted by atomic mass is 10.1. The molecule has 0 aliphatic rings. The second-order valence-electron chi connectivity index (χ2n) is 4.88. The van der Waals surface area contributed by atoms with Crippen molar-refractivity contribution in [2.45, 2.75) is 39.6 Å². The molecule has 0 radical (unpaired) electrons. The van der Waals surface area contributed by atoms with Gasteiger partial charge >= 0.3 is 0 Å². The van der Waals surface area contributed by atoms with E-state index in [4.69, 9.17) is 4.74 Å². The van der Waals surface area contributed by atoms with Gasteiger partial charge in [0.15, 0.2) is 0 Å². The zero-order valence-electron chi connectivity index (χ0n) is 11.6. The van der Waals surface area contributed by atoms with Crippen molar-refractivity contribution in [3.05, 3.63) is 57.8 Å². The summed E-state index contributed by atoms with van der Waals surface area (Å²) in [5.74, 6) is 0. The third-order valence-electron chi connectivity index (χ3n) is 2.90. The fourth-order valence-corrected chi connectivity index (χ4v) is 2.48. The van der Waals surface area contributed by atoms with E-state index in [0.29, 0.717) is 19.3 Å². The Morgan fingerprint density at radius 2 is 1.84 bits per heavy atom. The first-order valence-electron chi connectivity index (χ1n) is 6.66. The molecule has 0 aliphatic heterocycles. The van der Waals surface area contributed by atoms with Crippen LogP contribution in [-0.4, -0.2) is 6.04 Å². The molecule has 0 unspecified atom stereocenters. The van der Waals surface area contributed by atoms with Crippen LogP contribution in [-0.2, 0) is 24.5 Å². The first-order chi connectivity index (χ1) is 9.25. The lowest BCUT2D eigenvalue weighted by Gasteiger charge is -2.12. The summed E-state index contributed by atoms with van der Waals surface area (Å²) in [6.45, 7) is 6.60. The van der Waals surface area contributed by atoms with Crippen molar-refractivity contribution in [2.24, 2.45) is 0 Å². The van der Waals surface area contributed by atoms with E-state index < -0.39 is 0 Å². The Morgan fingerprint density at radius 1 is 1.05 bits per heavy atom. The zero-order valence-corrected chi connectivity index (χ0v) is 12.4. The van der Waals surface area contributed by atoms with Crippen molar-refractivity contribution in [2.75, 3.05) is 0 Å². The lowest BCUT2D eigenvalue weighted by Crippen LogP contribution is -2.22. The van der Waals surface area contributed by atoms with Crippen LogP contribution in [0.4, 0.5) is 0 Å². The molecule has 0 saturated carbocycles. The Bertz CT molecular complexity index is 479. The van der Waals surface area contributed by atoms with Crippen LogP contribution >= 0.6 is 11.3 Å². The Kier molecular flexibility index (Phi) is 5.58. The summed E-state index contributed by atoms with van der Waals surface area (Å²) in [5, 5.41) is 5.54. The summed E-state index contributed by atoms with van der Waals surface area (Å²) >= 11 is 1.74. The van der Waals surface area contributed by atoms with Gasteiger partial charge < -0.3 is 10.1 Å². The fourth-order valence-electron chi connectivity index (χ4n) is 1.84. The first kappa shape index (κ1) is 14.3. The van der Waals surface area contributed by atoms with Crippen LogP contribution in [0.25, 0.3) is 0 Å². The molecule has 2 nitrogen and oxygen atoms in total. The maximum Gasteiger partial charge on any atom is 0.0813 e. The van der Waals surface area contributed by atoms with Crippen LogP contribution in [0.2, 0.25) is 0 Å². The van der Waals surface area contributed by atoms with E-state index in [2.05, 4.69) is 60.9 Å². The highest BCUT2D eigenvalue weighted by Gasteiger charge is 2.03. The average Bonchev–Trinajstić information content (AvgIpc) is 2.91. The minimum absolute atomic E-state index is 0.500. The molecule has 2 rings (SSSR count). The second kappa shape index (κ2) is 7.43. The zero-order chi connectivity index (χ0) is 13.5. The molecule has 102 valence electrons. The molecule has 0 fully saturated rings. The number of thiophene rings is 1. The highest BCUT2D eigenvalue weighted by atomic mass is 32.1. The van der Waals surface area contributed by atoms with Crippen molar-refractivity contribution in [1.82, 2.24) is 5.32 Å². The van der Waals surface area contributed by atoms with Gasteiger partial charge in [0.05, 0.1) is 13.2 Å². The molecule has 0 atom stereocenters. The molecular formula is C16H21NOS. The van der Waals surface area contributed by atoms with Gasteiger partial charge in [0, 0.05) is 17.5 Å². The topological polar surface area (TPSA) is 21.3 Å². The molecule has 1 aromatic carbocycles. The van der Waals surface area contributed by atoms with Gasteiger partial charge in [0.1, 0.15) is 0 Å². The Labute approximate surface area is 119 Å². The van der Waals surface area contributed by atoms with Gasteiger partial charge in [-0.25, -0.2) is 0 Å². The normalized spacial score (nSPS) is 11.1.